The predicted octanol–water partition coefficient (Wildman–Crippen LogP) is 6.39. The maximum absolute atomic E-state index is 12.1. The van der Waals surface area contributed by atoms with Gasteiger partial charge >= 0.3 is 11.9 Å². The first-order valence-electron chi connectivity index (χ1n) is 12.9. The number of nitrogens with two attached hydrogens (primary N) is 2. The van der Waals surface area contributed by atoms with Gasteiger partial charge in [-0.15, -0.1) is 0 Å². The highest BCUT2D eigenvalue weighted by Crippen LogP contribution is 2.27. The number of rotatable bonds is 10. The van der Waals surface area contributed by atoms with Crippen LogP contribution in [-0.4, -0.2) is 18.5 Å². The van der Waals surface area contributed by atoms with Gasteiger partial charge in [0.15, 0.2) is 0 Å². The molecule has 6 heteroatoms. The molecule has 0 aromatic heterocycles. The molecule has 6 nitrogen and oxygen atoms in total. The van der Waals surface area contributed by atoms with E-state index in [1.807, 2.05) is 12.1 Å². The van der Waals surface area contributed by atoms with Gasteiger partial charge < -0.3 is 20.9 Å². The Morgan fingerprint density at radius 3 is 1.67 bits per heavy atom. The van der Waals surface area contributed by atoms with Crippen LogP contribution in [0.25, 0.3) is 22.3 Å². The standard InChI is InChI=1S/C33H32N2O4/c1-2-3-23-4-6-25(7-5-23)26-8-10-27(11-9-26)28-12-14-31(15-13-28)39-33(37)17-16-32(36)38-19-18-24-20-29(34)22-30(35)21-24/h4-17,20-22H,2-3,18-19,34-35H2,1H3. The molecule has 0 aliphatic heterocycles. The third kappa shape index (κ3) is 8.07. The van der Waals surface area contributed by atoms with Gasteiger partial charge in [0.2, 0.25) is 0 Å². The summed E-state index contributed by atoms with van der Waals surface area (Å²) in [4.78, 5) is 24.0. The van der Waals surface area contributed by atoms with Crippen molar-refractivity contribution in [3.63, 3.8) is 0 Å². The summed E-state index contributed by atoms with van der Waals surface area (Å²) >= 11 is 0. The number of anilines is 2. The topological polar surface area (TPSA) is 105 Å². The van der Waals surface area contributed by atoms with Crippen LogP contribution in [0.15, 0.2) is 103 Å². The van der Waals surface area contributed by atoms with Crippen molar-refractivity contribution in [2.75, 3.05) is 18.1 Å². The number of carbonyl (C=O) groups excluding carboxylic acids is 2. The molecular weight excluding hydrogens is 488 g/mol. The van der Waals surface area contributed by atoms with E-state index in [2.05, 4.69) is 55.5 Å². The van der Waals surface area contributed by atoms with Crippen LogP contribution in [0.3, 0.4) is 0 Å². The van der Waals surface area contributed by atoms with Gasteiger partial charge in [0, 0.05) is 29.9 Å². The molecule has 0 saturated heterocycles. The van der Waals surface area contributed by atoms with Crippen LogP contribution in [0, 0.1) is 0 Å². The van der Waals surface area contributed by atoms with Crippen LogP contribution in [0.4, 0.5) is 11.4 Å². The van der Waals surface area contributed by atoms with Gasteiger partial charge in [0.05, 0.1) is 6.61 Å². The van der Waals surface area contributed by atoms with E-state index in [0.29, 0.717) is 23.5 Å². The Morgan fingerprint density at radius 1 is 0.641 bits per heavy atom. The maximum Gasteiger partial charge on any atom is 0.336 e. The summed E-state index contributed by atoms with van der Waals surface area (Å²) in [6, 6.07) is 29.5. The van der Waals surface area contributed by atoms with E-state index in [9.17, 15) is 9.59 Å². The zero-order valence-corrected chi connectivity index (χ0v) is 21.9. The van der Waals surface area contributed by atoms with Crippen LogP contribution in [-0.2, 0) is 27.2 Å². The molecule has 39 heavy (non-hydrogen) atoms. The van der Waals surface area contributed by atoms with E-state index in [0.717, 1.165) is 47.2 Å². The smallest absolute Gasteiger partial charge is 0.336 e. The van der Waals surface area contributed by atoms with Crippen LogP contribution in [0.5, 0.6) is 5.75 Å². The number of esters is 2. The van der Waals surface area contributed by atoms with Crippen molar-refractivity contribution >= 4 is 23.3 Å². The first-order valence-corrected chi connectivity index (χ1v) is 12.9. The molecule has 0 amide bonds. The number of ether oxygens (including phenoxy) is 2. The van der Waals surface area contributed by atoms with Crippen molar-refractivity contribution in [2.24, 2.45) is 0 Å². The number of nitrogen functional groups attached to an aromatic ring is 2. The largest absolute Gasteiger partial charge is 0.462 e. The fourth-order valence-corrected chi connectivity index (χ4v) is 4.22. The molecule has 4 aromatic carbocycles. The summed E-state index contributed by atoms with van der Waals surface area (Å²) in [5, 5.41) is 0. The second kappa shape index (κ2) is 13.1. The fourth-order valence-electron chi connectivity index (χ4n) is 4.22. The Kier molecular flexibility index (Phi) is 9.14. The number of hydrogen-bond acceptors (Lipinski definition) is 6. The maximum atomic E-state index is 12.1. The SMILES string of the molecule is CCCc1ccc(-c2ccc(-c3ccc(OC(=O)C=CC(=O)OCCc4cc(N)cc(N)c4)cc3)cc2)cc1. The number of aryl methyl sites for hydroxylation is 1. The summed E-state index contributed by atoms with van der Waals surface area (Å²) < 4.78 is 10.4. The van der Waals surface area contributed by atoms with Crippen LogP contribution in [0.2, 0.25) is 0 Å². The normalized spacial score (nSPS) is 10.9. The zero-order chi connectivity index (χ0) is 27.6. The van der Waals surface area contributed by atoms with E-state index in [4.69, 9.17) is 20.9 Å². The molecule has 0 atom stereocenters. The minimum Gasteiger partial charge on any atom is -0.462 e. The van der Waals surface area contributed by atoms with Crippen molar-refractivity contribution in [3.05, 3.63) is 114 Å². The van der Waals surface area contributed by atoms with Crippen molar-refractivity contribution in [2.45, 2.75) is 26.2 Å². The Bertz CT molecular complexity index is 1420. The molecule has 0 radical (unpaired) electrons. The highest BCUT2D eigenvalue weighted by molar-refractivity contribution is 5.92. The molecule has 0 unspecified atom stereocenters. The van der Waals surface area contributed by atoms with Gasteiger partial charge in [-0.1, -0.05) is 74.0 Å². The molecule has 0 saturated carbocycles. The molecule has 0 heterocycles. The third-order valence-corrected chi connectivity index (χ3v) is 6.14. The Labute approximate surface area is 228 Å². The molecule has 0 aliphatic carbocycles. The lowest BCUT2D eigenvalue weighted by Gasteiger charge is -2.07. The zero-order valence-electron chi connectivity index (χ0n) is 21.9. The van der Waals surface area contributed by atoms with Gasteiger partial charge in [-0.2, -0.15) is 0 Å². The summed E-state index contributed by atoms with van der Waals surface area (Å²) in [6.07, 6.45) is 4.78. The first-order chi connectivity index (χ1) is 18.9. The lowest BCUT2D eigenvalue weighted by Crippen LogP contribution is -2.08. The lowest BCUT2D eigenvalue weighted by atomic mass is 9.99. The number of carbonyl (C=O) groups is 2. The molecule has 4 N–H and O–H groups in total. The minimum absolute atomic E-state index is 0.134. The van der Waals surface area contributed by atoms with E-state index in [1.165, 1.54) is 11.1 Å². The quantitative estimate of drug-likeness (QED) is 0.109. The molecular formula is C33H32N2O4. The number of hydrogen-bond donors (Lipinski definition) is 2. The van der Waals surface area contributed by atoms with E-state index >= 15 is 0 Å². The van der Waals surface area contributed by atoms with Crippen molar-refractivity contribution < 1.29 is 19.1 Å². The third-order valence-electron chi connectivity index (χ3n) is 6.14. The predicted molar refractivity (Wildman–Crippen MR) is 156 cm³/mol. The van der Waals surface area contributed by atoms with Crippen molar-refractivity contribution in [1.29, 1.82) is 0 Å². The Hall–Kier alpha value is -4.84. The number of benzene rings is 4. The van der Waals surface area contributed by atoms with Gasteiger partial charge in [-0.05, 0) is 70.1 Å². The minimum atomic E-state index is -0.669. The summed E-state index contributed by atoms with van der Waals surface area (Å²) in [6.45, 7) is 2.32. The van der Waals surface area contributed by atoms with E-state index < -0.39 is 11.9 Å². The average molecular weight is 521 g/mol. The second-order valence-corrected chi connectivity index (χ2v) is 9.23. The highest BCUT2D eigenvalue weighted by Gasteiger charge is 2.06. The van der Waals surface area contributed by atoms with E-state index in [1.54, 1.807) is 30.3 Å². The molecule has 0 spiro atoms. The molecule has 198 valence electrons. The highest BCUT2D eigenvalue weighted by atomic mass is 16.5. The van der Waals surface area contributed by atoms with Gasteiger partial charge in [0.25, 0.3) is 0 Å². The van der Waals surface area contributed by atoms with Crippen molar-refractivity contribution in [1.82, 2.24) is 0 Å². The molecule has 0 aliphatic rings. The first kappa shape index (κ1) is 27.2. The Balaban J connectivity index is 1.26. The monoisotopic (exact) mass is 520 g/mol. The van der Waals surface area contributed by atoms with Gasteiger partial charge in [-0.25, -0.2) is 9.59 Å². The molecule has 0 bridgehead atoms. The molecule has 0 fully saturated rings. The van der Waals surface area contributed by atoms with E-state index in [-0.39, 0.29) is 6.61 Å². The summed E-state index contributed by atoms with van der Waals surface area (Å²) in [5.74, 6) is -0.929. The van der Waals surface area contributed by atoms with Gasteiger partial charge in [0.1, 0.15) is 5.75 Å². The Morgan fingerprint density at radius 2 is 1.13 bits per heavy atom. The summed E-state index contributed by atoms with van der Waals surface area (Å²) in [5.41, 5.74) is 19.2. The molecule has 4 rings (SSSR count). The second-order valence-electron chi connectivity index (χ2n) is 9.23. The molecule has 4 aromatic rings. The fraction of sp³-hybridized carbons (Fsp3) is 0.152. The summed E-state index contributed by atoms with van der Waals surface area (Å²) in [7, 11) is 0. The van der Waals surface area contributed by atoms with Gasteiger partial charge in [-0.3, -0.25) is 0 Å². The van der Waals surface area contributed by atoms with Crippen LogP contribution in [0.1, 0.15) is 24.5 Å². The van der Waals surface area contributed by atoms with Crippen LogP contribution < -0.4 is 16.2 Å². The van der Waals surface area contributed by atoms with Crippen molar-refractivity contribution in [3.8, 4) is 28.0 Å². The lowest BCUT2D eigenvalue weighted by molar-refractivity contribution is -0.138. The van der Waals surface area contributed by atoms with Crippen LogP contribution >= 0.6 is 0 Å². The average Bonchev–Trinajstić information content (AvgIpc) is 2.93.